The van der Waals surface area contributed by atoms with Crippen LogP contribution >= 0.6 is 0 Å². The number of rotatable bonds is 17. The van der Waals surface area contributed by atoms with Crippen LogP contribution in [0.1, 0.15) is 74.8 Å². The van der Waals surface area contributed by atoms with Gasteiger partial charge in [0.15, 0.2) is 31.1 Å². The number of aliphatic hydroxyl groups is 4. The van der Waals surface area contributed by atoms with Crippen molar-refractivity contribution >= 4 is 34.4 Å². The third-order valence-corrected chi connectivity index (χ3v) is 13.3. The molecule has 5 heterocycles. The summed E-state index contributed by atoms with van der Waals surface area (Å²) in [4.78, 5) is 51.3. The maximum atomic E-state index is 14.0. The fourth-order valence-electron chi connectivity index (χ4n) is 9.55. The molecule has 0 radical (unpaired) electrons. The first-order valence-corrected chi connectivity index (χ1v) is 23.7. The molecule has 0 spiro atoms. The van der Waals surface area contributed by atoms with Gasteiger partial charge in [0.05, 0.1) is 46.7 Å². The fraction of sp³-hybridized carbons (Fsp3) is 0.596. The largest absolute Gasteiger partial charge is 0.479 e. The van der Waals surface area contributed by atoms with E-state index in [2.05, 4.69) is 15.6 Å². The van der Waals surface area contributed by atoms with Crippen LogP contribution in [0.2, 0.25) is 0 Å². The molecule has 4 bridgehead atoms. The molecule has 3 aliphatic heterocycles. The highest BCUT2D eigenvalue weighted by Crippen LogP contribution is 2.40. The molecule has 6 N–H and O–H groups in total. The number of nitrogens with one attached hydrogen (secondary N) is 1. The number of aliphatic hydroxyl groups excluding tert-OH is 4. The molecule has 2 aromatic heterocycles. The molecule has 4 fully saturated rings. The van der Waals surface area contributed by atoms with Gasteiger partial charge in [0, 0.05) is 42.6 Å². The number of nitro groups is 1. The van der Waals surface area contributed by atoms with Crippen molar-refractivity contribution in [2.75, 3.05) is 13.2 Å². The van der Waals surface area contributed by atoms with E-state index in [4.69, 9.17) is 33.2 Å². The molecular formula is C47H60N6O17. The number of hydrogen-bond donors (Lipinski definition) is 6. The first kappa shape index (κ1) is 50.9. The van der Waals surface area contributed by atoms with Crippen molar-refractivity contribution in [3.63, 3.8) is 0 Å². The Morgan fingerprint density at radius 3 is 2.43 bits per heavy atom. The highest BCUT2D eigenvalue weighted by Gasteiger charge is 2.55. The maximum Gasteiger partial charge on any atom is 0.338 e. The number of carbonyl (C=O) groups is 3. The Morgan fingerprint density at radius 2 is 1.67 bits per heavy atom. The SMILES string of the molecule is CCCCCC[C@H](OC1C(OC(=O)c2ccccc2)[C@H]2OC(COC3O[C@@H](OC4C(C)CC(C(=O)NCCc5cn(Cn6ccc7cc([N+](=O)[O-])ccc76)nn5)C[C@H]4O2)C(O)C(O)[C@@H]3O)[C@@H]1O)C(=O)O. The monoisotopic (exact) mass is 980 g/mol. The van der Waals surface area contributed by atoms with Crippen molar-refractivity contribution in [3.8, 4) is 0 Å². The van der Waals surface area contributed by atoms with E-state index in [1.54, 1.807) is 54.3 Å². The Morgan fingerprint density at radius 1 is 0.900 bits per heavy atom. The molecule has 23 heteroatoms. The van der Waals surface area contributed by atoms with Gasteiger partial charge < -0.3 is 68.6 Å². The summed E-state index contributed by atoms with van der Waals surface area (Å²) in [5.74, 6) is -3.72. The molecule has 4 aromatic rings. The Kier molecular flexibility index (Phi) is 16.5. The number of ether oxygens (including phenoxy) is 7. The van der Waals surface area contributed by atoms with Crippen molar-refractivity contribution in [1.29, 1.82) is 0 Å². The van der Waals surface area contributed by atoms with Crippen molar-refractivity contribution < 1.29 is 78.0 Å². The standard InChI is InChI=1S/C47H60N6O17/c1-3-4-5-9-12-32(43(59)60)65-40-35(54)34-23-64-45-37(56)36(55)38(57)46(70-45)69-39-25(2)19-28(21-33(39)66-47(67-34)41(40)68-44(61)26-10-7-6-8-11-26)42(58)48-17-15-29-22-52(50-49-29)24-51-18-16-27-20-30(53(62)63)13-14-31(27)51/h6-8,10-11,13-14,16,18,20,22,25,28,32-41,45-47,54-57H,3-5,9,12,15,17,19,21,23-24H2,1-2H3,(H,48,58)(H,59,60)/t25?,28?,32-,33+,34?,35-,36?,37-,38?,39?,40?,41?,45?,46+,47+/m0/s1. The van der Waals surface area contributed by atoms with Crippen LogP contribution in [0, 0.1) is 22.0 Å². The molecule has 1 saturated carbocycles. The minimum Gasteiger partial charge on any atom is -0.479 e. The maximum absolute atomic E-state index is 14.0. The molecule has 9 unspecified atom stereocenters. The van der Waals surface area contributed by atoms with E-state index in [-0.39, 0.29) is 49.6 Å². The fourth-order valence-corrected chi connectivity index (χ4v) is 9.55. The minimum atomic E-state index is -1.79. The zero-order valence-electron chi connectivity index (χ0n) is 38.7. The van der Waals surface area contributed by atoms with Gasteiger partial charge in [0.2, 0.25) is 5.91 Å². The molecule has 4 aliphatic rings. The number of hydrogen-bond acceptors (Lipinski definition) is 18. The van der Waals surface area contributed by atoms with Gasteiger partial charge in [-0.25, -0.2) is 14.3 Å². The van der Waals surface area contributed by atoms with Gasteiger partial charge in [-0.05, 0) is 49.4 Å². The van der Waals surface area contributed by atoms with E-state index in [0.717, 1.165) is 24.8 Å². The quantitative estimate of drug-likeness (QED) is 0.0382. The summed E-state index contributed by atoms with van der Waals surface area (Å²) in [5, 5.41) is 78.6. The summed E-state index contributed by atoms with van der Waals surface area (Å²) < 4.78 is 46.9. The van der Waals surface area contributed by atoms with E-state index in [0.29, 0.717) is 23.9 Å². The predicted molar refractivity (Wildman–Crippen MR) is 240 cm³/mol. The van der Waals surface area contributed by atoms with Gasteiger partial charge in [0.1, 0.15) is 43.3 Å². The van der Waals surface area contributed by atoms with Crippen LogP contribution < -0.4 is 5.32 Å². The van der Waals surface area contributed by atoms with Crippen molar-refractivity contribution in [1.82, 2.24) is 24.9 Å². The molecule has 3 saturated heterocycles. The first-order chi connectivity index (χ1) is 33.7. The lowest BCUT2D eigenvalue weighted by molar-refractivity contribution is -0.391. The number of benzene rings is 2. The van der Waals surface area contributed by atoms with Gasteiger partial charge in [-0.3, -0.25) is 14.9 Å². The summed E-state index contributed by atoms with van der Waals surface area (Å²) in [6.07, 6.45) is -12.8. The molecule has 15 atom stereocenters. The van der Waals surface area contributed by atoms with Gasteiger partial charge in [-0.1, -0.05) is 62.9 Å². The molecule has 2 aromatic carbocycles. The summed E-state index contributed by atoms with van der Waals surface area (Å²) in [6, 6.07) is 14.3. The normalized spacial score (nSPS) is 31.6. The lowest BCUT2D eigenvalue weighted by Crippen LogP contribution is -2.66. The Balaban J connectivity index is 1.02. The zero-order valence-corrected chi connectivity index (χ0v) is 38.7. The van der Waals surface area contributed by atoms with Crippen LogP contribution in [0.5, 0.6) is 0 Å². The van der Waals surface area contributed by atoms with E-state index in [1.807, 2.05) is 11.5 Å². The number of carbonyl (C=O) groups excluding carboxylic acids is 2. The van der Waals surface area contributed by atoms with E-state index in [1.165, 1.54) is 24.3 Å². The number of unbranched alkanes of at least 4 members (excludes halogenated alkanes) is 3. The van der Waals surface area contributed by atoms with Gasteiger partial charge in [-0.15, -0.1) is 5.10 Å². The summed E-state index contributed by atoms with van der Waals surface area (Å²) in [7, 11) is 0. The second kappa shape index (κ2) is 22.7. The number of fused-ring (bicyclic) bond motifs is 6. The lowest BCUT2D eigenvalue weighted by atomic mass is 9.77. The smallest absolute Gasteiger partial charge is 0.338 e. The number of aliphatic carboxylic acids is 1. The van der Waals surface area contributed by atoms with Crippen LogP contribution in [0.3, 0.4) is 0 Å². The Labute approximate surface area is 401 Å². The Hall–Kier alpha value is -5.47. The van der Waals surface area contributed by atoms with Gasteiger partial charge >= 0.3 is 11.9 Å². The topological polar surface area (TPSA) is 308 Å². The number of nitrogens with zero attached hydrogens (tertiary/aromatic N) is 5. The number of aromatic nitrogens is 4. The highest BCUT2D eigenvalue weighted by molar-refractivity contribution is 5.89. The molecule has 23 nitrogen and oxygen atoms in total. The Bertz CT molecular complexity index is 2420. The third kappa shape index (κ3) is 11.7. The molecular weight excluding hydrogens is 921 g/mol. The molecule has 380 valence electrons. The molecule has 70 heavy (non-hydrogen) atoms. The number of non-ortho nitro benzene ring substituents is 1. The second-order valence-corrected chi connectivity index (χ2v) is 18.4. The number of amides is 1. The van der Waals surface area contributed by atoms with Crippen LogP contribution in [-0.4, -0.2) is 161 Å². The summed E-state index contributed by atoms with van der Waals surface area (Å²) in [6.45, 7) is 3.71. The van der Waals surface area contributed by atoms with E-state index in [9.17, 15) is 50.0 Å². The van der Waals surface area contributed by atoms with Crippen molar-refractivity contribution in [3.05, 3.63) is 88.4 Å². The number of nitro benzene ring substituents is 1. The van der Waals surface area contributed by atoms with Crippen LogP contribution in [0.25, 0.3) is 10.9 Å². The summed E-state index contributed by atoms with van der Waals surface area (Å²) >= 11 is 0. The average molecular weight is 981 g/mol. The lowest BCUT2D eigenvalue weighted by Gasteiger charge is -2.49. The zero-order chi connectivity index (χ0) is 49.6. The first-order valence-electron chi connectivity index (χ1n) is 23.7. The highest BCUT2D eigenvalue weighted by atomic mass is 16.8. The molecule has 1 amide bonds. The number of carboxylic acid groups (broad SMARTS) is 1. The number of carboxylic acids is 1. The predicted octanol–water partition coefficient (Wildman–Crippen LogP) is 2.04. The third-order valence-electron chi connectivity index (χ3n) is 13.3. The molecule has 8 rings (SSSR count). The molecule has 1 aliphatic carbocycles. The number of esters is 1. The second-order valence-electron chi connectivity index (χ2n) is 18.4. The van der Waals surface area contributed by atoms with Crippen molar-refractivity contribution in [2.24, 2.45) is 11.8 Å². The van der Waals surface area contributed by atoms with Crippen molar-refractivity contribution in [2.45, 2.75) is 152 Å². The van der Waals surface area contributed by atoms with Crippen LogP contribution in [-0.2, 0) is 55.8 Å². The van der Waals surface area contributed by atoms with Gasteiger partial charge in [0.25, 0.3) is 5.69 Å². The van der Waals surface area contributed by atoms with E-state index >= 15 is 0 Å². The van der Waals surface area contributed by atoms with E-state index < -0.39 is 115 Å². The van der Waals surface area contributed by atoms with Gasteiger partial charge in [-0.2, -0.15) is 0 Å². The summed E-state index contributed by atoms with van der Waals surface area (Å²) in [5.41, 5.74) is 1.48. The van der Waals surface area contributed by atoms with Crippen LogP contribution in [0.4, 0.5) is 5.69 Å². The average Bonchev–Trinajstić information content (AvgIpc) is 3.98. The van der Waals surface area contributed by atoms with Crippen LogP contribution in [0.15, 0.2) is 67.0 Å². The minimum absolute atomic E-state index is 0.0124.